The van der Waals surface area contributed by atoms with Crippen LogP contribution in [0.15, 0.2) is 18.2 Å². The number of rotatable bonds is 1. The molecule has 92 valence electrons. The highest BCUT2D eigenvalue weighted by Gasteiger charge is 2.26. The maximum atomic E-state index is 13.2. The van der Waals surface area contributed by atoms with E-state index in [1.54, 1.807) is 12.1 Å². The van der Waals surface area contributed by atoms with Gasteiger partial charge in [0.2, 0.25) is 0 Å². The second kappa shape index (κ2) is 4.75. The molecule has 1 aromatic carbocycles. The minimum absolute atomic E-state index is 0.121. The average Bonchev–Trinajstić information content (AvgIpc) is 2.39. The number of halogens is 1. The van der Waals surface area contributed by atoms with Crippen LogP contribution in [-0.4, -0.2) is 24.5 Å². The Morgan fingerprint density at radius 1 is 1.18 bits per heavy atom. The first kappa shape index (κ1) is 11.2. The van der Waals surface area contributed by atoms with E-state index in [4.69, 9.17) is 0 Å². The predicted molar refractivity (Wildman–Crippen MR) is 66.3 cm³/mol. The van der Waals surface area contributed by atoms with Gasteiger partial charge in [-0.25, -0.2) is 4.39 Å². The summed E-state index contributed by atoms with van der Waals surface area (Å²) < 4.78 is 13.2. The summed E-state index contributed by atoms with van der Waals surface area (Å²) in [5.41, 5.74) is 2.46. The Hall–Kier alpha value is -0.930. The van der Waals surface area contributed by atoms with Crippen molar-refractivity contribution >= 4 is 0 Å². The summed E-state index contributed by atoms with van der Waals surface area (Å²) in [4.78, 5) is 2.55. The molecule has 17 heavy (non-hydrogen) atoms. The van der Waals surface area contributed by atoms with E-state index in [1.807, 2.05) is 6.07 Å². The van der Waals surface area contributed by atoms with Crippen LogP contribution in [0.25, 0.3) is 0 Å². The third-order valence-electron chi connectivity index (χ3n) is 3.95. The molecule has 2 aliphatic rings. The van der Waals surface area contributed by atoms with Gasteiger partial charge in [-0.3, -0.25) is 4.90 Å². The molecule has 2 heterocycles. The first-order chi connectivity index (χ1) is 8.34. The van der Waals surface area contributed by atoms with Crippen molar-refractivity contribution in [2.45, 2.75) is 31.8 Å². The zero-order valence-electron chi connectivity index (χ0n) is 10.1. The van der Waals surface area contributed by atoms with E-state index in [-0.39, 0.29) is 5.82 Å². The predicted octanol–water partition coefficient (Wildman–Crippen LogP) is 2.46. The molecule has 1 atom stereocenters. The van der Waals surface area contributed by atoms with E-state index in [0.29, 0.717) is 6.04 Å². The van der Waals surface area contributed by atoms with Crippen molar-refractivity contribution in [1.29, 1.82) is 0 Å². The number of nitrogens with one attached hydrogen (secondary N) is 1. The zero-order chi connectivity index (χ0) is 11.7. The van der Waals surface area contributed by atoms with Gasteiger partial charge < -0.3 is 5.32 Å². The topological polar surface area (TPSA) is 15.3 Å². The Labute approximate surface area is 102 Å². The van der Waals surface area contributed by atoms with Crippen LogP contribution >= 0.6 is 0 Å². The maximum Gasteiger partial charge on any atom is 0.123 e. The van der Waals surface area contributed by atoms with Gasteiger partial charge in [0, 0.05) is 19.1 Å². The second-order valence-corrected chi connectivity index (χ2v) is 5.09. The van der Waals surface area contributed by atoms with Crippen molar-refractivity contribution in [3.05, 3.63) is 35.1 Å². The van der Waals surface area contributed by atoms with E-state index in [9.17, 15) is 4.39 Å². The Morgan fingerprint density at radius 2 is 2.00 bits per heavy atom. The number of piperidine rings is 1. The molecule has 0 unspecified atom stereocenters. The van der Waals surface area contributed by atoms with Crippen LogP contribution in [0.5, 0.6) is 0 Å². The summed E-state index contributed by atoms with van der Waals surface area (Å²) in [7, 11) is 0. The van der Waals surface area contributed by atoms with Gasteiger partial charge in [0.05, 0.1) is 0 Å². The van der Waals surface area contributed by atoms with E-state index in [0.717, 1.165) is 18.7 Å². The first-order valence-corrected chi connectivity index (χ1v) is 6.58. The number of benzene rings is 1. The van der Waals surface area contributed by atoms with Crippen molar-refractivity contribution in [2.24, 2.45) is 0 Å². The quantitative estimate of drug-likeness (QED) is 0.803. The lowest BCUT2D eigenvalue weighted by atomic mass is 9.94. The van der Waals surface area contributed by atoms with Gasteiger partial charge in [-0.2, -0.15) is 0 Å². The minimum atomic E-state index is -0.121. The van der Waals surface area contributed by atoms with Crippen molar-refractivity contribution in [3.63, 3.8) is 0 Å². The van der Waals surface area contributed by atoms with Gasteiger partial charge in [0.1, 0.15) is 5.82 Å². The zero-order valence-corrected chi connectivity index (χ0v) is 10.1. The molecule has 0 bridgehead atoms. The van der Waals surface area contributed by atoms with Crippen LogP contribution in [-0.2, 0) is 6.54 Å². The third-order valence-corrected chi connectivity index (χ3v) is 3.95. The molecule has 0 spiro atoms. The molecule has 0 radical (unpaired) electrons. The van der Waals surface area contributed by atoms with E-state index >= 15 is 0 Å². The van der Waals surface area contributed by atoms with Crippen molar-refractivity contribution in [2.75, 3.05) is 19.6 Å². The SMILES string of the molecule is Fc1ccc2c(c1)CNC[C@@H]2N1CCCCC1. The smallest absolute Gasteiger partial charge is 0.123 e. The van der Waals surface area contributed by atoms with E-state index in [2.05, 4.69) is 10.2 Å². The molecular weight excluding hydrogens is 215 g/mol. The standard InChI is InChI=1S/C14H19FN2/c15-12-4-5-13-11(8-12)9-16-10-14(13)17-6-2-1-3-7-17/h4-5,8,14,16H,1-3,6-7,9-10H2/t14-/m0/s1. The summed E-state index contributed by atoms with van der Waals surface area (Å²) in [5, 5.41) is 3.41. The molecule has 2 aliphatic heterocycles. The number of likely N-dealkylation sites (tertiary alicyclic amines) is 1. The van der Waals surface area contributed by atoms with Gasteiger partial charge in [-0.15, -0.1) is 0 Å². The Kier molecular flexibility index (Phi) is 3.12. The fraction of sp³-hybridized carbons (Fsp3) is 0.571. The van der Waals surface area contributed by atoms with Crippen LogP contribution in [0, 0.1) is 5.82 Å². The van der Waals surface area contributed by atoms with Crippen molar-refractivity contribution < 1.29 is 4.39 Å². The number of hydrogen-bond acceptors (Lipinski definition) is 2. The number of nitrogens with zero attached hydrogens (tertiary/aromatic N) is 1. The summed E-state index contributed by atoms with van der Waals surface area (Å²) >= 11 is 0. The van der Waals surface area contributed by atoms with Crippen LogP contribution in [0.4, 0.5) is 4.39 Å². The fourth-order valence-electron chi connectivity index (χ4n) is 3.06. The molecule has 3 rings (SSSR count). The van der Waals surface area contributed by atoms with Gasteiger partial charge >= 0.3 is 0 Å². The summed E-state index contributed by atoms with van der Waals surface area (Å²) in [6.07, 6.45) is 3.95. The summed E-state index contributed by atoms with van der Waals surface area (Å²) in [5.74, 6) is -0.121. The van der Waals surface area contributed by atoms with E-state index < -0.39 is 0 Å². The normalized spacial score (nSPS) is 25.6. The summed E-state index contributed by atoms with van der Waals surface area (Å²) in [6.45, 7) is 4.17. The molecule has 0 amide bonds. The molecule has 0 aromatic heterocycles. The van der Waals surface area contributed by atoms with Crippen LogP contribution in [0.1, 0.15) is 36.4 Å². The number of hydrogen-bond donors (Lipinski definition) is 1. The summed E-state index contributed by atoms with van der Waals surface area (Å²) in [6, 6.07) is 5.70. The average molecular weight is 234 g/mol. The van der Waals surface area contributed by atoms with Crippen LogP contribution < -0.4 is 5.32 Å². The highest BCUT2D eigenvalue weighted by Crippen LogP contribution is 2.29. The molecule has 1 saturated heterocycles. The monoisotopic (exact) mass is 234 g/mol. The van der Waals surface area contributed by atoms with Gasteiger partial charge in [-0.05, 0) is 49.2 Å². The van der Waals surface area contributed by atoms with Crippen molar-refractivity contribution in [3.8, 4) is 0 Å². The van der Waals surface area contributed by atoms with Gasteiger partial charge in [0.25, 0.3) is 0 Å². The molecule has 0 aliphatic carbocycles. The molecular formula is C14H19FN2. The Morgan fingerprint density at radius 3 is 2.82 bits per heavy atom. The van der Waals surface area contributed by atoms with Crippen LogP contribution in [0.3, 0.4) is 0 Å². The molecule has 0 saturated carbocycles. The second-order valence-electron chi connectivity index (χ2n) is 5.09. The van der Waals surface area contributed by atoms with Crippen LogP contribution in [0.2, 0.25) is 0 Å². The molecule has 1 aromatic rings. The number of fused-ring (bicyclic) bond motifs is 1. The fourth-order valence-corrected chi connectivity index (χ4v) is 3.06. The first-order valence-electron chi connectivity index (χ1n) is 6.58. The molecule has 3 heteroatoms. The third kappa shape index (κ3) is 2.22. The Bertz CT molecular complexity index is 399. The van der Waals surface area contributed by atoms with Gasteiger partial charge in [0.15, 0.2) is 0 Å². The van der Waals surface area contributed by atoms with E-state index in [1.165, 1.54) is 37.9 Å². The van der Waals surface area contributed by atoms with Crippen molar-refractivity contribution in [1.82, 2.24) is 10.2 Å². The lowest BCUT2D eigenvalue weighted by Gasteiger charge is -2.38. The lowest BCUT2D eigenvalue weighted by molar-refractivity contribution is 0.154. The Balaban J connectivity index is 1.88. The molecule has 1 fully saturated rings. The molecule has 1 N–H and O–H groups in total. The highest BCUT2D eigenvalue weighted by atomic mass is 19.1. The minimum Gasteiger partial charge on any atom is -0.311 e. The highest BCUT2D eigenvalue weighted by molar-refractivity contribution is 5.33. The lowest BCUT2D eigenvalue weighted by Crippen LogP contribution is -2.42. The largest absolute Gasteiger partial charge is 0.311 e. The molecule has 2 nitrogen and oxygen atoms in total. The van der Waals surface area contributed by atoms with Gasteiger partial charge in [-0.1, -0.05) is 12.5 Å². The maximum absolute atomic E-state index is 13.2.